The van der Waals surface area contributed by atoms with E-state index in [0.717, 1.165) is 11.5 Å². The largest absolute Gasteiger partial charge is 0.497 e. The van der Waals surface area contributed by atoms with Crippen LogP contribution in [0.15, 0.2) is 42.6 Å². The summed E-state index contributed by atoms with van der Waals surface area (Å²) in [4.78, 5) is 12.3. The molecule has 2 heterocycles. The number of amides is 1. The third-order valence-electron chi connectivity index (χ3n) is 4.17. The van der Waals surface area contributed by atoms with Crippen LogP contribution in [0.1, 0.15) is 19.2 Å². The van der Waals surface area contributed by atoms with Crippen molar-refractivity contribution < 1.29 is 14.3 Å². The topological polar surface area (TPSA) is 89.8 Å². The van der Waals surface area contributed by atoms with Crippen LogP contribution in [0.4, 0.5) is 5.69 Å². The number of nitrogens with one attached hydrogen (secondary N) is 2. The Hall–Kier alpha value is -3.13. The second kappa shape index (κ2) is 8.50. The Morgan fingerprint density at radius 1 is 1.19 bits per heavy atom. The van der Waals surface area contributed by atoms with Crippen LogP contribution in [0.5, 0.6) is 11.5 Å². The molecule has 8 heteroatoms. The van der Waals surface area contributed by atoms with Crippen LogP contribution >= 0.6 is 0 Å². The lowest BCUT2D eigenvalue weighted by atomic mass is 10.2. The number of hydrogen-bond acceptors (Lipinski definition) is 6. The quantitative estimate of drug-likeness (QED) is 0.633. The summed E-state index contributed by atoms with van der Waals surface area (Å²) in [6.07, 6.45) is 2.23. The Morgan fingerprint density at radius 2 is 2.04 bits per heavy atom. The van der Waals surface area contributed by atoms with Crippen molar-refractivity contribution >= 4 is 17.2 Å². The van der Waals surface area contributed by atoms with Crippen LogP contribution in [0, 0.1) is 0 Å². The minimum absolute atomic E-state index is 0.0368. The van der Waals surface area contributed by atoms with Crippen LogP contribution in [0.3, 0.4) is 0 Å². The number of fused-ring (bicyclic) bond motifs is 1. The number of carbonyl (C=O) groups is 1. The van der Waals surface area contributed by atoms with Gasteiger partial charge in [-0.15, -0.1) is 10.2 Å². The molecule has 0 aliphatic rings. The first-order valence-corrected chi connectivity index (χ1v) is 8.64. The van der Waals surface area contributed by atoms with E-state index in [-0.39, 0.29) is 11.9 Å². The number of aromatic nitrogens is 3. The van der Waals surface area contributed by atoms with Gasteiger partial charge in [-0.3, -0.25) is 9.20 Å². The highest BCUT2D eigenvalue weighted by molar-refractivity contribution is 5.92. The van der Waals surface area contributed by atoms with Crippen LogP contribution < -0.4 is 20.1 Å². The van der Waals surface area contributed by atoms with Gasteiger partial charge in [0.1, 0.15) is 11.5 Å². The average molecular weight is 369 g/mol. The van der Waals surface area contributed by atoms with E-state index >= 15 is 0 Å². The molecule has 2 aromatic heterocycles. The van der Waals surface area contributed by atoms with Gasteiger partial charge in [0.25, 0.3) is 0 Å². The number of anilines is 1. The first-order valence-electron chi connectivity index (χ1n) is 8.64. The van der Waals surface area contributed by atoms with Gasteiger partial charge in [-0.1, -0.05) is 6.07 Å². The molecule has 0 aliphatic heterocycles. The zero-order valence-corrected chi connectivity index (χ0v) is 15.6. The molecule has 1 amide bonds. The molecule has 3 rings (SSSR count). The first-order chi connectivity index (χ1) is 13.1. The second-order valence-electron chi connectivity index (χ2n) is 6.15. The second-order valence-corrected chi connectivity index (χ2v) is 6.15. The summed E-state index contributed by atoms with van der Waals surface area (Å²) >= 11 is 0. The van der Waals surface area contributed by atoms with Crippen molar-refractivity contribution in [1.82, 2.24) is 19.9 Å². The van der Waals surface area contributed by atoms with E-state index in [1.807, 2.05) is 35.7 Å². The van der Waals surface area contributed by atoms with Gasteiger partial charge in [-0.05, 0) is 31.2 Å². The normalized spacial score (nSPS) is 12.0. The predicted molar refractivity (Wildman–Crippen MR) is 102 cm³/mol. The highest BCUT2D eigenvalue weighted by Gasteiger charge is 2.13. The van der Waals surface area contributed by atoms with E-state index in [4.69, 9.17) is 9.47 Å². The molecule has 1 unspecified atom stereocenters. The number of rotatable bonds is 8. The van der Waals surface area contributed by atoms with E-state index in [9.17, 15) is 4.79 Å². The van der Waals surface area contributed by atoms with E-state index in [2.05, 4.69) is 20.8 Å². The summed E-state index contributed by atoms with van der Waals surface area (Å²) in [5, 5.41) is 14.5. The Labute approximate surface area is 157 Å². The molecular weight excluding hydrogens is 346 g/mol. The summed E-state index contributed by atoms with van der Waals surface area (Å²) in [6, 6.07) is 11.0. The van der Waals surface area contributed by atoms with Crippen LogP contribution in [0.2, 0.25) is 0 Å². The summed E-state index contributed by atoms with van der Waals surface area (Å²) in [5.41, 5.74) is 1.41. The molecule has 0 saturated carbocycles. The van der Waals surface area contributed by atoms with Crippen molar-refractivity contribution in [3.63, 3.8) is 0 Å². The van der Waals surface area contributed by atoms with E-state index in [0.29, 0.717) is 30.2 Å². The van der Waals surface area contributed by atoms with Gasteiger partial charge in [0.05, 0.1) is 26.5 Å². The van der Waals surface area contributed by atoms with Gasteiger partial charge in [0.2, 0.25) is 5.91 Å². The van der Waals surface area contributed by atoms with Crippen molar-refractivity contribution in [3.8, 4) is 11.5 Å². The van der Waals surface area contributed by atoms with Gasteiger partial charge >= 0.3 is 0 Å². The number of hydrogen-bond donors (Lipinski definition) is 2. The van der Waals surface area contributed by atoms with Crippen molar-refractivity contribution in [2.75, 3.05) is 19.5 Å². The third-order valence-corrected chi connectivity index (χ3v) is 4.17. The molecule has 1 atom stereocenters. The van der Waals surface area contributed by atoms with Crippen LogP contribution in [-0.2, 0) is 11.3 Å². The van der Waals surface area contributed by atoms with E-state index in [1.165, 1.54) is 0 Å². The Balaban J connectivity index is 1.55. The Bertz CT molecular complexity index is 925. The van der Waals surface area contributed by atoms with Gasteiger partial charge in [-0.2, -0.15) is 0 Å². The fourth-order valence-electron chi connectivity index (χ4n) is 2.73. The number of carbonyl (C=O) groups excluding carboxylic acids is 1. The molecule has 0 fully saturated rings. The first kappa shape index (κ1) is 18.7. The number of pyridine rings is 1. The minimum atomic E-state index is -0.107. The van der Waals surface area contributed by atoms with Crippen LogP contribution in [-0.4, -0.2) is 40.8 Å². The Kier molecular flexibility index (Phi) is 5.87. The fraction of sp³-hybridized carbons (Fsp3) is 0.316. The smallest absolute Gasteiger partial charge is 0.226 e. The lowest BCUT2D eigenvalue weighted by Crippen LogP contribution is -2.31. The van der Waals surface area contributed by atoms with E-state index < -0.39 is 0 Å². The standard InChI is InChI=1S/C19H23N5O3/c1-13(20-12-18-23-22-17-6-4-5-9-24(17)18)10-19(25)21-15-8-7-14(26-2)11-16(15)27-3/h4-9,11,13,20H,10,12H2,1-3H3,(H,21,25). The molecule has 0 radical (unpaired) electrons. The highest BCUT2D eigenvalue weighted by Crippen LogP contribution is 2.29. The zero-order valence-electron chi connectivity index (χ0n) is 15.6. The summed E-state index contributed by atoms with van der Waals surface area (Å²) in [6.45, 7) is 2.47. The minimum Gasteiger partial charge on any atom is -0.497 e. The van der Waals surface area contributed by atoms with Crippen molar-refractivity contribution in [3.05, 3.63) is 48.4 Å². The fourth-order valence-corrected chi connectivity index (χ4v) is 2.73. The maximum Gasteiger partial charge on any atom is 0.226 e. The number of methoxy groups -OCH3 is 2. The summed E-state index contributed by atoms with van der Waals surface area (Å²) in [5.74, 6) is 1.91. The molecule has 2 N–H and O–H groups in total. The number of benzene rings is 1. The van der Waals surface area contributed by atoms with Crippen molar-refractivity contribution in [2.24, 2.45) is 0 Å². The summed E-state index contributed by atoms with van der Waals surface area (Å²) in [7, 11) is 3.14. The maximum absolute atomic E-state index is 12.3. The molecule has 8 nitrogen and oxygen atoms in total. The number of ether oxygens (including phenoxy) is 2. The van der Waals surface area contributed by atoms with Crippen molar-refractivity contribution in [2.45, 2.75) is 25.9 Å². The lowest BCUT2D eigenvalue weighted by Gasteiger charge is -2.15. The maximum atomic E-state index is 12.3. The molecule has 0 aliphatic carbocycles. The zero-order chi connectivity index (χ0) is 19.2. The molecule has 142 valence electrons. The summed E-state index contributed by atoms with van der Waals surface area (Å²) < 4.78 is 12.4. The van der Waals surface area contributed by atoms with Crippen LogP contribution in [0.25, 0.3) is 5.65 Å². The average Bonchev–Trinajstić information content (AvgIpc) is 3.09. The van der Waals surface area contributed by atoms with Gasteiger partial charge < -0.3 is 20.1 Å². The van der Waals surface area contributed by atoms with Crippen molar-refractivity contribution in [1.29, 1.82) is 0 Å². The van der Waals surface area contributed by atoms with Gasteiger partial charge in [0.15, 0.2) is 11.5 Å². The Morgan fingerprint density at radius 3 is 2.81 bits per heavy atom. The molecule has 3 aromatic rings. The highest BCUT2D eigenvalue weighted by atomic mass is 16.5. The lowest BCUT2D eigenvalue weighted by molar-refractivity contribution is -0.116. The molecule has 0 saturated heterocycles. The monoisotopic (exact) mass is 369 g/mol. The molecule has 0 spiro atoms. The number of nitrogens with zero attached hydrogens (tertiary/aromatic N) is 3. The van der Waals surface area contributed by atoms with Gasteiger partial charge in [0, 0.05) is 24.7 Å². The SMILES string of the molecule is COc1ccc(NC(=O)CC(C)NCc2nnc3ccccn23)c(OC)c1. The van der Waals surface area contributed by atoms with Gasteiger partial charge in [-0.25, -0.2) is 0 Å². The van der Waals surface area contributed by atoms with E-state index in [1.54, 1.807) is 32.4 Å². The molecule has 0 bridgehead atoms. The third kappa shape index (κ3) is 4.53. The molecular formula is C19H23N5O3. The predicted octanol–water partition coefficient (Wildman–Crippen LogP) is 2.25. The molecule has 1 aromatic carbocycles. The molecule has 27 heavy (non-hydrogen) atoms.